The maximum atomic E-state index is 12.3. The standard InChI is InChI=1S/C16H13F3N4O/c17-16(18,19)15(24)22-12-5-1-3-10(7-12)8-20-13-6-2-4-11-9-21-23-14(11)13/h1-7,9,20H,8H2,(H,21,23)(H,22,24). The van der Waals surface area contributed by atoms with Crippen LogP contribution in [0.2, 0.25) is 0 Å². The number of anilines is 2. The molecule has 0 bridgehead atoms. The molecule has 1 aromatic heterocycles. The molecule has 0 atom stereocenters. The molecule has 124 valence electrons. The minimum atomic E-state index is -4.91. The Morgan fingerprint density at radius 2 is 1.96 bits per heavy atom. The number of H-pyrrole nitrogens is 1. The Bertz CT molecular complexity index is 873. The van der Waals surface area contributed by atoms with Crippen molar-refractivity contribution >= 4 is 28.2 Å². The summed E-state index contributed by atoms with van der Waals surface area (Å²) in [5.74, 6) is -1.99. The van der Waals surface area contributed by atoms with E-state index in [1.54, 1.807) is 18.3 Å². The first-order valence-corrected chi connectivity index (χ1v) is 7.06. The van der Waals surface area contributed by atoms with Crippen molar-refractivity contribution in [3.8, 4) is 0 Å². The van der Waals surface area contributed by atoms with Gasteiger partial charge in [-0.3, -0.25) is 9.89 Å². The fourth-order valence-corrected chi connectivity index (χ4v) is 2.27. The van der Waals surface area contributed by atoms with Crippen molar-refractivity contribution in [2.45, 2.75) is 12.7 Å². The normalized spacial score (nSPS) is 11.5. The molecule has 1 amide bonds. The largest absolute Gasteiger partial charge is 0.471 e. The van der Waals surface area contributed by atoms with E-state index in [1.165, 1.54) is 12.1 Å². The smallest absolute Gasteiger partial charge is 0.379 e. The van der Waals surface area contributed by atoms with Crippen molar-refractivity contribution in [1.29, 1.82) is 0 Å². The molecular formula is C16H13F3N4O. The van der Waals surface area contributed by atoms with Gasteiger partial charge in [-0.1, -0.05) is 24.3 Å². The zero-order valence-corrected chi connectivity index (χ0v) is 12.3. The molecular weight excluding hydrogens is 321 g/mol. The molecule has 0 saturated heterocycles. The highest BCUT2D eigenvalue weighted by molar-refractivity contribution is 5.95. The Hall–Kier alpha value is -3.03. The van der Waals surface area contributed by atoms with Crippen molar-refractivity contribution < 1.29 is 18.0 Å². The lowest BCUT2D eigenvalue weighted by Crippen LogP contribution is -2.29. The lowest BCUT2D eigenvalue weighted by molar-refractivity contribution is -0.167. The van der Waals surface area contributed by atoms with E-state index in [0.29, 0.717) is 6.54 Å². The number of carbonyl (C=O) groups excluding carboxylic acids is 1. The van der Waals surface area contributed by atoms with Gasteiger partial charge in [-0.2, -0.15) is 18.3 Å². The number of hydrogen-bond donors (Lipinski definition) is 3. The van der Waals surface area contributed by atoms with Crippen molar-refractivity contribution in [1.82, 2.24) is 10.2 Å². The second-order valence-corrected chi connectivity index (χ2v) is 5.15. The van der Waals surface area contributed by atoms with Gasteiger partial charge in [-0.25, -0.2) is 0 Å². The minimum absolute atomic E-state index is 0.0939. The Labute approximate surface area is 134 Å². The van der Waals surface area contributed by atoms with Crippen LogP contribution in [0.5, 0.6) is 0 Å². The average Bonchev–Trinajstić information content (AvgIpc) is 3.01. The van der Waals surface area contributed by atoms with E-state index in [-0.39, 0.29) is 5.69 Å². The number of nitrogens with one attached hydrogen (secondary N) is 3. The van der Waals surface area contributed by atoms with Gasteiger partial charge in [0.15, 0.2) is 0 Å². The number of aromatic amines is 1. The van der Waals surface area contributed by atoms with Crippen LogP contribution in [0.15, 0.2) is 48.7 Å². The second-order valence-electron chi connectivity index (χ2n) is 5.15. The topological polar surface area (TPSA) is 69.8 Å². The third kappa shape index (κ3) is 3.48. The van der Waals surface area contributed by atoms with Crippen LogP contribution in [0.25, 0.3) is 10.9 Å². The lowest BCUT2D eigenvalue weighted by atomic mass is 10.2. The van der Waals surface area contributed by atoms with E-state index in [1.807, 2.05) is 23.5 Å². The molecule has 8 heteroatoms. The first kappa shape index (κ1) is 15.9. The van der Waals surface area contributed by atoms with E-state index < -0.39 is 12.1 Å². The summed E-state index contributed by atoms with van der Waals surface area (Å²) < 4.78 is 36.9. The predicted octanol–water partition coefficient (Wildman–Crippen LogP) is 3.68. The van der Waals surface area contributed by atoms with Crippen molar-refractivity contribution in [2.75, 3.05) is 10.6 Å². The summed E-state index contributed by atoms with van der Waals surface area (Å²) in [6.45, 7) is 0.383. The Morgan fingerprint density at radius 3 is 2.75 bits per heavy atom. The van der Waals surface area contributed by atoms with E-state index in [4.69, 9.17) is 0 Å². The molecule has 24 heavy (non-hydrogen) atoms. The highest BCUT2D eigenvalue weighted by Crippen LogP contribution is 2.22. The van der Waals surface area contributed by atoms with Crippen LogP contribution in [0.3, 0.4) is 0 Å². The van der Waals surface area contributed by atoms with Crippen LogP contribution in [-0.2, 0) is 11.3 Å². The molecule has 0 aliphatic heterocycles. The highest BCUT2D eigenvalue weighted by Gasteiger charge is 2.38. The number of aromatic nitrogens is 2. The molecule has 5 nitrogen and oxygen atoms in total. The molecule has 0 aliphatic carbocycles. The van der Waals surface area contributed by atoms with Crippen LogP contribution in [0.4, 0.5) is 24.5 Å². The summed E-state index contributed by atoms with van der Waals surface area (Å²) in [5.41, 5.74) is 2.50. The monoisotopic (exact) mass is 334 g/mol. The lowest BCUT2D eigenvalue weighted by Gasteiger charge is -2.11. The number of hydrogen-bond acceptors (Lipinski definition) is 3. The average molecular weight is 334 g/mol. The van der Waals surface area contributed by atoms with E-state index in [9.17, 15) is 18.0 Å². The summed E-state index contributed by atoms with van der Waals surface area (Å²) >= 11 is 0. The number of benzene rings is 2. The van der Waals surface area contributed by atoms with Gasteiger partial charge in [-0.15, -0.1) is 0 Å². The summed E-state index contributed by atoms with van der Waals surface area (Å²) in [7, 11) is 0. The summed E-state index contributed by atoms with van der Waals surface area (Å²) in [6, 6.07) is 11.9. The molecule has 0 saturated carbocycles. The molecule has 2 aromatic carbocycles. The van der Waals surface area contributed by atoms with Gasteiger partial charge in [0, 0.05) is 17.6 Å². The Balaban J connectivity index is 1.71. The first-order chi connectivity index (χ1) is 11.4. The third-order valence-electron chi connectivity index (χ3n) is 3.40. The molecule has 0 aliphatic rings. The molecule has 3 rings (SSSR count). The minimum Gasteiger partial charge on any atom is -0.379 e. The van der Waals surface area contributed by atoms with Gasteiger partial charge in [0.05, 0.1) is 17.4 Å². The number of alkyl halides is 3. The molecule has 0 radical (unpaired) electrons. The number of halogens is 3. The quantitative estimate of drug-likeness (QED) is 0.682. The Morgan fingerprint density at radius 1 is 1.17 bits per heavy atom. The number of para-hydroxylation sites is 1. The predicted molar refractivity (Wildman–Crippen MR) is 84.5 cm³/mol. The molecule has 0 spiro atoms. The fraction of sp³-hybridized carbons (Fsp3) is 0.125. The fourth-order valence-electron chi connectivity index (χ4n) is 2.27. The summed E-state index contributed by atoms with van der Waals surface area (Å²) in [5, 5.41) is 12.8. The number of fused-ring (bicyclic) bond motifs is 1. The maximum Gasteiger partial charge on any atom is 0.471 e. The number of amides is 1. The second kappa shape index (κ2) is 6.23. The molecule has 1 heterocycles. The third-order valence-corrected chi connectivity index (χ3v) is 3.40. The molecule has 3 aromatic rings. The molecule has 0 unspecified atom stereocenters. The van der Waals surface area contributed by atoms with Gasteiger partial charge in [0.2, 0.25) is 0 Å². The SMILES string of the molecule is O=C(Nc1cccc(CNc2cccc3cn[nH]c23)c1)C(F)(F)F. The zero-order valence-electron chi connectivity index (χ0n) is 12.3. The van der Waals surface area contributed by atoms with Crippen LogP contribution >= 0.6 is 0 Å². The summed E-state index contributed by atoms with van der Waals surface area (Å²) in [4.78, 5) is 11.0. The number of nitrogens with zero attached hydrogens (tertiary/aromatic N) is 1. The van der Waals surface area contributed by atoms with Crippen molar-refractivity contribution in [3.05, 3.63) is 54.2 Å². The van der Waals surface area contributed by atoms with Crippen LogP contribution in [0, 0.1) is 0 Å². The van der Waals surface area contributed by atoms with Crippen LogP contribution < -0.4 is 10.6 Å². The Kier molecular flexibility index (Phi) is 4.11. The first-order valence-electron chi connectivity index (χ1n) is 7.06. The molecule has 0 fully saturated rings. The number of rotatable bonds is 4. The van der Waals surface area contributed by atoms with Gasteiger partial charge >= 0.3 is 12.1 Å². The van der Waals surface area contributed by atoms with Crippen molar-refractivity contribution in [2.24, 2.45) is 0 Å². The van der Waals surface area contributed by atoms with Gasteiger partial charge in [0.1, 0.15) is 0 Å². The van der Waals surface area contributed by atoms with E-state index in [2.05, 4.69) is 15.5 Å². The van der Waals surface area contributed by atoms with Gasteiger partial charge in [0.25, 0.3) is 0 Å². The van der Waals surface area contributed by atoms with E-state index in [0.717, 1.165) is 22.2 Å². The zero-order chi connectivity index (χ0) is 17.2. The van der Waals surface area contributed by atoms with Crippen molar-refractivity contribution in [3.63, 3.8) is 0 Å². The molecule has 3 N–H and O–H groups in total. The van der Waals surface area contributed by atoms with Gasteiger partial charge < -0.3 is 10.6 Å². The maximum absolute atomic E-state index is 12.3. The van der Waals surface area contributed by atoms with Crippen LogP contribution in [0.1, 0.15) is 5.56 Å². The summed E-state index contributed by atoms with van der Waals surface area (Å²) in [6.07, 6.45) is -3.21. The number of carbonyl (C=O) groups is 1. The van der Waals surface area contributed by atoms with Crippen LogP contribution in [-0.4, -0.2) is 22.3 Å². The highest BCUT2D eigenvalue weighted by atomic mass is 19.4. The van der Waals surface area contributed by atoms with Gasteiger partial charge in [-0.05, 0) is 23.8 Å². The van der Waals surface area contributed by atoms with E-state index >= 15 is 0 Å².